The van der Waals surface area contributed by atoms with Gasteiger partial charge >= 0.3 is 0 Å². The fourth-order valence-corrected chi connectivity index (χ4v) is 2.68. The monoisotopic (exact) mass is 218 g/mol. The van der Waals surface area contributed by atoms with E-state index in [1.807, 2.05) is 0 Å². The highest BCUT2D eigenvalue weighted by Gasteiger charge is 2.44. The van der Waals surface area contributed by atoms with Crippen LogP contribution in [-0.2, 0) is 18.4 Å². The Labute approximate surface area is 96.2 Å². The fraction of sp³-hybridized carbons (Fsp3) is 0.571. The van der Waals surface area contributed by atoms with Crippen molar-refractivity contribution in [3.8, 4) is 5.75 Å². The summed E-state index contributed by atoms with van der Waals surface area (Å²) in [5, 5.41) is 10.2. The molecule has 0 amide bonds. The van der Waals surface area contributed by atoms with Crippen molar-refractivity contribution >= 4 is 0 Å². The molecule has 0 saturated heterocycles. The van der Waals surface area contributed by atoms with E-state index in [2.05, 4.69) is 12.1 Å². The minimum absolute atomic E-state index is 0.585. The molecule has 2 nitrogen and oxygen atoms in total. The predicted molar refractivity (Wildman–Crippen MR) is 62.8 cm³/mol. The van der Waals surface area contributed by atoms with Gasteiger partial charge in [0, 0.05) is 5.56 Å². The van der Waals surface area contributed by atoms with Gasteiger partial charge in [-0.05, 0) is 61.8 Å². The van der Waals surface area contributed by atoms with Crippen molar-refractivity contribution in [1.29, 1.82) is 0 Å². The van der Waals surface area contributed by atoms with Crippen LogP contribution in [0.4, 0.5) is 0 Å². The third-order valence-corrected chi connectivity index (χ3v) is 3.89. The Balaban J connectivity index is 2.09. The van der Waals surface area contributed by atoms with Crippen LogP contribution in [0.5, 0.6) is 5.75 Å². The summed E-state index contributed by atoms with van der Waals surface area (Å²) in [5.41, 5.74) is 3.26. The van der Waals surface area contributed by atoms with Gasteiger partial charge in [-0.3, -0.25) is 0 Å². The van der Waals surface area contributed by atoms with Crippen molar-refractivity contribution in [2.45, 2.75) is 44.1 Å². The van der Waals surface area contributed by atoms with Crippen LogP contribution in [0.3, 0.4) is 0 Å². The topological polar surface area (TPSA) is 29.5 Å². The summed E-state index contributed by atoms with van der Waals surface area (Å²) in [4.78, 5) is 0. The van der Waals surface area contributed by atoms with Crippen LogP contribution in [0.15, 0.2) is 12.1 Å². The third kappa shape index (κ3) is 1.52. The van der Waals surface area contributed by atoms with Gasteiger partial charge in [0.2, 0.25) is 0 Å². The molecular formula is C14H18O2. The zero-order valence-corrected chi connectivity index (χ0v) is 9.75. The SMILES string of the molecule is COc1cc2c(cc1C1(O)CC1)CCCC2. The second kappa shape index (κ2) is 3.49. The molecule has 1 aromatic carbocycles. The van der Waals surface area contributed by atoms with E-state index < -0.39 is 5.60 Å². The standard InChI is InChI=1S/C14H18O2/c1-16-13-9-11-5-3-2-4-10(11)8-12(13)14(15)6-7-14/h8-9,15H,2-7H2,1H3. The van der Waals surface area contributed by atoms with Crippen molar-refractivity contribution in [3.05, 3.63) is 28.8 Å². The summed E-state index contributed by atoms with van der Waals surface area (Å²) in [6.45, 7) is 0. The van der Waals surface area contributed by atoms with Crippen molar-refractivity contribution < 1.29 is 9.84 Å². The maximum atomic E-state index is 10.2. The fourth-order valence-electron chi connectivity index (χ4n) is 2.68. The highest BCUT2D eigenvalue weighted by atomic mass is 16.5. The molecule has 0 aliphatic heterocycles. The van der Waals surface area contributed by atoms with Crippen molar-refractivity contribution in [3.63, 3.8) is 0 Å². The number of rotatable bonds is 2. The van der Waals surface area contributed by atoms with E-state index >= 15 is 0 Å². The minimum Gasteiger partial charge on any atom is -0.496 e. The molecule has 0 aromatic heterocycles. The van der Waals surface area contributed by atoms with E-state index in [0.29, 0.717) is 0 Å². The smallest absolute Gasteiger partial charge is 0.125 e. The Morgan fingerprint density at radius 1 is 1.12 bits per heavy atom. The molecule has 1 N–H and O–H groups in total. The normalized spacial score (nSPS) is 21.4. The third-order valence-electron chi connectivity index (χ3n) is 3.89. The number of methoxy groups -OCH3 is 1. The summed E-state index contributed by atoms with van der Waals surface area (Å²) in [6.07, 6.45) is 6.62. The Morgan fingerprint density at radius 2 is 1.75 bits per heavy atom. The molecular weight excluding hydrogens is 200 g/mol. The first-order chi connectivity index (χ1) is 7.73. The number of hydrogen-bond donors (Lipinski definition) is 1. The molecule has 2 aliphatic rings. The molecule has 0 spiro atoms. The van der Waals surface area contributed by atoms with Gasteiger partial charge in [-0.1, -0.05) is 0 Å². The largest absolute Gasteiger partial charge is 0.496 e. The lowest BCUT2D eigenvalue weighted by atomic mass is 9.88. The summed E-state index contributed by atoms with van der Waals surface area (Å²) in [7, 11) is 1.69. The zero-order chi connectivity index (χ0) is 11.2. The molecule has 16 heavy (non-hydrogen) atoms. The molecule has 0 radical (unpaired) electrons. The van der Waals surface area contributed by atoms with E-state index in [0.717, 1.165) is 37.0 Å². The average Bonchev–Trinajstić information content (AvgIpc) is 3.07. The molecule has 0 bridgehead atoms. The first kappa shape index (κ1) is 10.2. The lowest BCUT2D eigenvalue weighted by molar-refractivity contribution is 0.147. The molecule has 86 valence electrons. The summed E-state index contributed by atoms with van der Waals surface area (Å²) in [6, 6.07) is 4.32. The van der Waals surface area contributed by atoms with Crippen molar-refractivity contribution in [2.24, 2.45) is 0 Å². The Morgan fingerprint density at radius 3 is 2.31 bits per heavy atom. The lowest BCUT2D eigenvalue weighted by Crippen LogP contribution is -2.11. The van der Waals surface area contributed by atoms with Gasteiger partial charge < -0.3 is 9.84 Å². The Hall–Kier alpha value is -1.02. The lowest BCUT2D eigenvalue weighted by Gasteiger charge is -2.21. The van der Waals surface area contributed by atoms with Crippen molar-refractivity contribution in [1.82, 2.24) is 0 Å². The first-order valence-corrected chi connectivity index (χ1v) is 6.15. The molecule has 2 heteroatoms. The van der Waals surface area contributed by atoms with Gasteiger partial charge in [-0.15, -0.1) is 0 Å². The molecule has 3 rings (SSSR count). The van der Waals surface area contributed by atoms with E-state index in [1.54, 1.807) is 7.11 Å². The van der Waals surface area contributed by atoms with Gasteiger partial charge in [0.15, 0.2) is 0 Å². The van der Waals surface area contributed by atoms with Gasteiger partial charge in [0.1, 0.15) is 5.75 Å². The highest BCUT2D eigenvalue weighted by molar-refractivity contribution is 5.48. The number of aryl methyl sites for hydroxylation is 2. The number of hydrogen-bond acceptors (Lipinski definition) is 2. The molecule has 0 unspecified atom stereocenters. The van der Waals surface area contributed by atoms with Crippen LogP contribution in [-0.4, -0.2) is 12.2 Å². The Kier molecular flexibility index (Phi) is 2.21. The number of fused-ring (bicyclic) bond motifs is 1. The highest BCUT2D eigenvalue weighted by Crippen LogP contribution is 2.49. The summed E-state index contributed by atoms with van der Waals surface area (Å²) >= 11 is 0. The van der Waals surface area contributed by atoms with E-state index in [-0.39, 0.29) is 0 Å². The van der Waals surface area contributed by atoms with Gasteiger partial charge in [-0.2, -0.15) is 0 Å². The first-order valence-electron chi connectivity index (χ1n) is 6.15. The quantitative estimate of drug-likeness (QED) is 0.826. The predicted octanol–water partition coefficient (Wildman–Crippen LogP) is 2.56. The maximum absolute atomic E-state index is 10.2. The van der Waals surface area contributed by atoms with Gasteiger partial charge in [0.25, 0.3) is 0 Å². The van der Waals surface area contributed by atoms with E-state index in [4.69, 9.17) is 4.74 Å². The molecule has 1 fully saturated rings. The van der Waals surface area contributed by atoms with E-state index in [9.17, 15) is 5.11 Å². The molecule has 1 saturated carbocycles. The van der Waals surface area contributed by atoms with Gasteiger partial charge in [0.05, 0.1) is 12.7 Å². The van der Waals surface area contributed by atoms with Crippen LogP contribution in [0.25, 0.3) is 0 Å². The van der Waals surface area contributed by atoms with Crippen LogP contribution in [0.2, 0.25) is 0 Å². The average molecular weight is 218 g/mol. The number of ether oxygens (including phenoxy) is 1. The maximum Gasteiger partial charge on any atom is 0.125 e. The van der Waals surface area contributed by atoms with Crippen molar-refractivity contribution in [2.75, 3.05) is 7.11 Å². The summed E-state index contributed by atoms with van der Waals surface area (Å²) < 4.78 is 5.42. The van der Waals surface area contributed by atoms with Crippen LogP contribution < -0.4 is 4.74 Å². The number of benzene rings is 1. The molecule has 0 heterocycles. The second-order valence-electron chi connectivity index (χ2n) is 5.06. The minimum atomic E-state index is -0.585. The zero-order valence-electron chi connectivity index (χ0n) is 9.75. The van der Waals surface area contributed by atoms with Crippen LogP contribution in [0.1, 0.15) is 42.4 Å². The molecule has 1 aromatic rings. The molecule has 0 atom stereocenters. The second-order valence-corrected chi connectivity index (χ2v) is 5.06. The molecule has 2 aliphatic carbocycles. The Bertz CT molecular complexity index is 419. The van der Waals surface area contributed by atoms with Crippen LogP contribution >= 0.6 is 0 Å². The van der Waals surface area contributed by atoms with Crippen LogP contribution in [0, 0.1) is 0 Å². The summed E-state index contributed by atoms with van der Waals surface area (Å²) in [5.74, 6) is 0.876. The van der Waals surface area contributed by atoms with Gasteiger partial charge in [-0.25, -0.2) is 0 Å². The van der Waals surface area contributed by atoms with E-state index in [1.165, 1.54) is 24.0 Å². The number of aliphatic hydroxyl groups is 1.